The van der Waals surface area contributed by atoms with Crippen molar-refractivity contribution < 1.29 is 19.1 Å². The lowest BCUT2D eigenvalue weighted by molar-refractivity contribution is -0.153. The van der Waals surface area contributed by atoms with E-state index >= 15 is 0 Å². The van der Waals surface area contributed by atoms with Crippen LogP contribution >= 0.6 is 11.6 Å². The van der Waals surface area contributed by atoms with Crippen molar-refractivity contribution in [1.82, 2.24) is 19.8 Å². The van der Waals surface area contributed by atoms with Crippen LogP contribution in [0, 0.1) is 0 Å². The highest BCUT2D eigenvalue weighted by atomic mass is 35.5. The highest BCUT2D eigenvalue weighted by Gasteiger charge is 2.36. The van der Waals surface area contributed by atoms with E-state index in [9.17, 15) is 9.59 Å². The number of halogens is 1. The number of amides is 2. The van der Waals surface area contributed by atoms with E-state index < -0.39 is 6.04 Å². The summed E-state index contributed by atoms with van der Waals surface area (Å²) in [5, 5.41) is 1.22. The standard InChI is InChI=1S/C25H28ClN5O4/c1-3-4-22-25(33)30(13-16-5-6-20-21(9-16)28-15-29-24(20)27)7-8-31(22)23(32)14-35-19-11-17(26)10-18(12-19)34-2/h5-6,9-12,15,22H,3-4,7-8,13-14H2,1-2H3,(H2,27,28,29)/t22-/m0/s1. The first-order valence-corrected chi connectivity index (χ1v) is 11.8. The molecule has 9 nitrogen and oxygen atoms in total. The Morgan fingerprint density at radius 2 is 1.97 bits per heavy atom. The zero-order chi connectivity index (χ0) is 24.9. The summed E-state index contributed by atoms with van der Waals surface area (Å²) in [4.78, 5) is 38.1. The topological polar surface area (TPSA) is 111 Å². The molecule has 2 aromatic carbocycles. The van der Waals surface area contributed by atoms with Crippen molar-refractivity contribution >= 4 is 40.1 Å². The summed E-state index contributed by atoms with van der Waals surface area (Å²) in [6.45, 7) is 3.10. The van der Waals surface area contributed by atoms with Gasteiger partial charge in [0, 0.05) is 36.1 Å². The van der Waals surface area contributed by atoms with Crippen molar-refractivity contribution in [2.45, 2.75) is 32.4 Å². The van der Waals surface area contributed by atoms with Crippen molar-refractivity contribution in [3.8, 4) is 11.5 Å². The molecule has 1 aliphatic heterocycles. The summed E-state index contributed by atoms with van der Waals surface area (Å²) < 4.78 is 10.9. The Bertz CT molecular complexity index is 1240. The molecule has 35 heavy (non-hydrogen) atoms. The monoisotopic (exact) mass is 497 g/mol. The van der Waals surface area contributed by atoms with Crippen LogP contribution in [0.4, 0.5) is 5.82 Å². The molecular formula is C25H28ClN5O4. The summed E-state index contributed by atoms with van der Waals surface area (Å²) >= 11 is 6.08. The highest BCUT2D eigenvalue weighted by molar-refractivity contribution is 6.30. The van der Waals surface area contributed by atoms with Gasteiger partial charge in [0.2, 0.25) is 5.91 Å². The number of rotatable bonds is 8. The highest BCUT2D eigenvalue weighted by Crippen LogP contribution is 2.26. The molecule has 0 bridgehead atoms. The van der Waals surface area contributed by atoms with Crippen molar-refractivity contribution in [3.05, 3.63) is 53.3 Å². The van der Waals surface area contributed by atoms with E-state index in [4.69, 9.17) is 26.8 Å². The Labute approximate surface area is 208 Å². The van der Waals surface area contributed by atoms with Gasteiger partial charge >= 0.3 is 0 Å². The Hall–Kier alpha value is -3.59. The third-order valence-corrected chi connectivity index (χ3v) is 6.23. The number of carbonyl (C=O) groups excluding carboxylic acids is 2. The molecule has 1 aromatic heterocycles. The number of anilines is 1. The molecule has 1 fully saturated rings. The number of aromatic nitrogens is 2. The second-order valence-electron chi connectivity index (χ2n) is 8.38. The lowest BCUT2D eigenvalue weighted by Crippen LogP contribution is -2.59. The van der Waals surface area contributed by atoms with Gasteiger partial charge in [-0.25, -0.2) is 9.97 Å². The molecule has 3 aromatic rings. The van der Waals surface area contributed by atoms with E-state index in [1.165, 1.54) is 13.4 Å². The van der Waals surface area contributed by atoms with E-state index in [1.807, 2.05) is 25.1 Å². The number of nitrogen functional groups attached to an aromatic ring is 1. The summed E-state index contributed by atoms with van der Waals surface area (Å²) in [6.07, 6.45) is 2.77. The van der Waals surface area contributed by atoms with Crippen LogP contribution in [-0.4, -0.2) is 64.4 Å². The minimum Gasteiger partial charge on any atom is -0.497 e. The first-order valence-electron chi connectivity index (χ1n) is 11.4. The van der Waals surface area contributed by atoms with Gasteiger partial charge in [-0.3, -0.25) is 9.59 Å². The van der Waals surface area contributed by atoms with E-state index in [0.29, 0.717) is 48.4 Å². The normalized spacial score (nSPS) is 16.0. The minimum atomic E-state index is -0.530. The molecule has 2 amide bonds. The lowest BCUT2D eigenvalue weighted by atomic mass is 10.0. The molecular weight excluding hydrogens is 470 g/mol. The predicted octanol–water partition coefficient (Wildman–Crippen LogP) is 3.29. The first-order chi connectivity index (χ1) is 16.9. The molecule has 4 rings (SSSR count). The van der Waals surface area contributed by atoms with Crippen molar-refractivity contribution in [2.75, 3.05) is 32.5 Å². The van der Waals surface area contributed by atoms with Crippen LogP contribution in [0.2, 0.25) is 5.02 Å². The van der Waals surface area contributed by atoms with Gasteiger partial charge in [-0.15, -0.1) is 0 Å². The zero-order valence-electron chi connectivity index (χ0n) is 19.7. The fraction of sp³-hybridized carbons (Fsp3) is 0.360. The van der Waals surface area contributed by atoms with Gasteiger partial charge < -0.3 is 25.0 Å². The maximum absolute atomic E-state index is 13.4. The van der Waals surface area contributed by atoms with Crippen molar-refractivity contribution in [2.24, 2.45) is 0 Å². The Morgan fingerprint density at radius 3 is 2.74 bits per heavy atom. The second kappa shape index (κ2) is 10.8. The molecule has 184 valence electrons. The van der Waals surface area contributed by atoms with Gasteiger partial charge in [0.15, 0.2) is 6.61 Å². The maximum atomic E-state index is 13.4. The predicted molar refractivity (Wildman–Crippen MR) is 133 cm³/mol. The zero-order valence-corrected chi connectivity index (χ0v) is 20.5. The summed E-state index contributed by atoms with van der Waals surface area (Å²) in [5.74, 6) is 1.08. The van der Waals surface area contributed by atoms with Gasteiger partial charge in [-0.2, -0.15) is 0 Å². The van der Waals surface area contributed by atoms with Gasteiger partial charge in [-0.1, -0.05) is 31.0 Å². The number of methoxy groups -OCH3 is 1. The van der Waals surface area contributed by atoms with Crippen LogP contribution in [0.25, 0.3) is 10.9 Å². The molecule has 2 N–H and O–H groups in total. The number of hydrogen-bond donors (Lipinski definition) is 1. The van der Waals surface area contributed by atoms with Crippen molar-refractivity contribution in [1.29, 1.82) is 0 Å². The number of benzene rings is 2. The number of hydrogen-bond acceptors (Lipinski definition) is 7. The van der Waals surface area contributed by atoms with Gasteiger partial charge in [0.1, 0.15) is 29.7 Å². The Balaban J connectivity index is 1.44. The largest absolute Gasteiger partial charge is 0.497 e. The number of fused-ring (bicyclic) bond motifs is 1. The molecule has 0 spiro atoms. The molecule has 0 unspecified atom stereocenters. The Morgan fingerprint density at radius 1 is 1.17 bits per heavy atom. The second-order valence-corrected chi connectivity index (χ2v) is 8.81. The lowest BCUT2D eigenvalue weighted by Gasteiger charge is -2.40. The van der Waals surface area contributed by atoms with Crippen LogP contribution in [0.3, 0.4) is 0 Å². The quantitative estimate of drug-likeness (QED) is 0.508. The number of carbonyl (C=O) groups is 2. The summed E-state index contributed by atoms with van der Waals surface area (Å²) in [6, 6.07) is 10.1. The van der Waals surface area contributed by atoms with E-state index in [-0.39, 0.29) is 18.4 Å². The van der Waals surface area contributed by atoms with Crippen LogP contribution in [-0.2, 0) is 16.1 Å². The van der Waals surface area contributed by atoms with Crippen LogP contribution < -0.4 is 15.2 Å². The van der Waals surface area contributed by atoms with Crippen LogP contribution in [0.1, 0.15) is 25.3 Å². The molecule has 10 heteroatoms. The molecule has 0 saturated carbocycles. The number of nitrogens with two attached hydrogens (primary N) is 1. The SMILES string of the molecule is CCC[C@H]1C(=O)N(Cc2ccc3c(N)ncnc3c2)CCN1C(=O)COc1cc(Cl)cc(OC)c1. The van der Waals surface area contributed by atoms with Crippen molar-refractivity contribution in [3.63, 3.8) is 0 Å². The minimum absolute atomic E-state index is 0.0711. The molecule has 1 atom stereocenters. The average Bonchev–Trinajstić information content (AvgIpc) is 2.85. The average molecular weight is 498 g/mol. The number of piperazine rings is 1. The van der Waals surface area contributed by atoms with E-state index in [2.05, 4.69) is 9.97 Å². The third kappa shape index (κ3) is 5.57. The molecule has 1 saturated heterocycles. The third-order valence-electron chi connectivity index (χ3n) is 6.01. The molecule has 0 radical (unpaired) electrons. The summed E-state index contributed by atoms with van der Waals surface area (Å²) in [5.41, 5.74) is 7.59. The summed E-state index contributed by atoms with van der Waals surface area (Å²) in [7, 11) is 1.53. The molecule has 0 aliphatic carbocycles. The van der Waals surface area contributed by atoms with Gasteiger partial charge in [0.05, 0.1) is 12.6 Å². The molecule has 1 aliphatic rings. The van der Waals surface area contributed by atoms with E-state index in [1.54, 1.807) is 28.0 Å². The Kier molecular flexibility index (Phi) is 7.55. The maximum Gasteiger partial charge on any atom is 0.261 e. The fourth-order valence-electron chi connectivity index (χ4n) is 4.26. The smallest absolute Gasteiger partial charge is 0.261 e. The number of ether oxygens (including phenoxy) is 2. The fourth-order valence-corrected chi connectivity index (χ4v) is 4.47. The van der Waals surface area contributed by atoms with Crippen LogP contribution in [0.5, 0.6) is 11.5 Å². The first kappa shape index (κ1) is 24.5. The van der Waals surface area contributed by atoms with Crippen LogP contribution in [0.15, 0.2) is 42.7 Å². The molecule has 2 heterocycles. The van der Waals surface area contributed by atoms with E-state index in [0.717, 1.165) is 22.9 Å². The number of nitrogens with zero attached hydrogens (tertiary/aromatic N) is 4. The van der Waals surface area contributed by atoms with Gasteiger partial charge in [-0.05, 0) is 36.2 Å². The van der Waals surface area contributed by atoms with Gasteiger partial charge in [0.25, 0.3) is 5.91 Å².